The van der Waals surface area contributed by atoms with E-state index in [-0.39, 0.29) is 25.3 Å². The minimum atomic E-state index is -0.234. The Kier molecular flexibility index (Phi) is 11.7. The van der Waals surface area contributed by atoms with Crippen molar-refractivity contribution in [2.45, 2.75) is 13.0 Å². The first-order valence-electron chi connectivity index (χ1n) is 13.4. The fourth-order valence-electron chi connectivity index (χ4n) is 3.78. The SMILES string of the molecule is NCCOCCOCCNC(=O)c1cccc(Nc2nc(NCCCO)nc(NCc3cccc4c3OCO4)n2)c1. The van der Waals surface area contributed by atoms with Gasteiger partial charge >= 0.3 is 0 Å². The summed E-state index contributed by atoms with van der Waals surface area (Å²) >= 11 is 0. The van der Waals surface area contributed by atoms with Crippen LogP contribution in [0.3, 0.4) is 0 Å². The van der Waals surface area contributed by atoms with Gasteiger partial charge in [0, 0.05) is 49.6 Å². The molecule has 4 rings (SSSR count). The van der Waals surface area contributed by atoms with Crippen LogP contribution < -0.4 is 36.5 Å². The van der Waals surface area contributed by atoms with Crippen LogP contribution in [0.15, 0.2) is 42.5 Å². The summed E-state index contributed by atoms with van der Waals surface area (Å²) in [6, 6.07) is 12.7. The number of carbonyl (C=O) groups is 1. The maximum absolute atomic E-state index is 12.6. The van der Waals surface area contributed by atoms with Crippen molar-refractivity contribution in [3.63, 3.8) is 0 Å². The molecule has 0 bridgehead atoms. The van der Waals surface area contributed by atoms with E-state index >= 15 is 0 Å². The normalized spacial score (nSPS) is 11.8. The summed E-state index contributed by atoms with van der Waals surface area (Å²) in [4.78, 5) is 26.0. The number of aliphatic hydroxyl groups excluding tert-OH is 1. The molecule has 1 aliphatic heterocycles. The second-order valence-electron chi connectivity index (χ2n) is 8.79. The summed E-state index contributed by atoms with van der Waals surface area (Å²) in [7, 11) is 0. The molecule has 2 aromatic carbocycles. The minimum Gasteiger partial charge on any atom is -0.454 e. The molecule has 1 aliphatic rings. The smallest absolute Gasteiger partial charge is 0.251 e. The summed E-state index contributed by atoms with van der Waals surface area (Å²) in [5, 5.41) is 21.4. The number of hydrogen-bond acceptors (Lipinski definition) is 13. The highest BCUT2D eigenvalue weighted by atomic mass is 16.7. The zero-order valence-corrected chi connectivity index (χ0v) is 22.7. The van der Waals surface area contributed by atoms with Crippen LogP contribution >= 0.6 is 0 Å². The van der Waals surface area contributed by atoms with Gasteiger partial charge in [0.25, 0.3) is 5.91 Å². The molecule has 14 nitrogen and oxygen atoms in total. The summed E-state index contributed by atoms with van der Waals surface area (Å²) in [6.45, 7) is 3.69. The largest absolute Gasteiger partial charge is 0.454 e. The van der Waals surface area contributed by atoms with Crippen LogP contribution in [-0.4, -0.2) is 85.4 Å². The number of anilines is 4. The Morgan fingerprint density at radius 3 is 2.54 bits per heavy atom. The molecule has 0 atom stereocenters. The fraction of sp³-hybridized carbons (Fsp3) is 0.407. The lowest BCUT2D eigenvalue weighted by Gasteiger charge is -2.12. The van der Waals surface area contributed by atoms with E-state index in [0.717, 1.165) is 5.56 Å². The maximum atomic E-state index is 12.6. The van der Waals surface area contributed by atoms with Crippen LogP contribution in [0.1, 0.15) is 22.3 Å². The Balaban J connectivity index is 1.37. The van der Waals surface area contributed by atoms with Crippen molar-refractivity contribution >= 4 is 29.4 Å². The topological polar surface area (TPSA) is 187 Å². The number of aromatic nitrogens is 3. The molecule has 2 heterocycles. The average Bonchev–Trinajstić information content (AvgIpc) is 3.47. The van der Waals surface area contributed by atoms with E-state index in [9.17, 15) is 4.79 Å². The molecule has 0 radical (unpaired) electrons. The number of benzene rings is 2. The van der Waals surface area contributed by atoms with Crippen molar-refractivity contribution in [1.29, 1.82) is 0 Å². The molecule has 7 N–H and O–H groups in total. The number of carbonyl (C=O) groups excluding carboxylic acids is 1. The van der Waals surface area contributed by atoms with Gasteiger partial charge < -0.3 is 51.1 Å². The van der Waals surface area contributed by atoms with Gasteiger partial charge in [-0.25, -0.2) is 0 Å². The number of fused-ring (bicyclic) bond motifs is 1. The van der Waals surface area contributed by atoms with Crippen molar-refractivity contribution in [3.05, 3.63) is 53.6 Å². The van der Waals surface area contributed by atoms with Gasteiger partial charge in [-0.05, 0) is 30.7 Å². The molecule has 220 valence electrons. The van der Waals surface area contributed by atoms with Crippen LogP contribution in [0.4, 0.5) is 23.5 Å². The number of para-hydroxylation sites is 1. The quantitative estimate of drug-likeness (QED) is 0.121. The van der Waals surface area contributed by atoms with Gasteiger partial charge in [-0.15, -0.1) is 0 Å². The molecule has 0 aliphatic carbocycles. The van der Waals surface area contributed by atoms with Crippen LogP contribution in [0.2, 0.25) is 0 Å². The Morgan fingerprint density at radius 1 is 0.927 bits per heavy atom. The van der Waals surface area contributed by atoms with E-state index in [1.54, 1.807) is 18.2 Å². The van der Waals surface area contributed by atoms with E-state index in [1.807, 2.05) is 24.3 Å². The average molecular weight is 569 g/mol. The number of hydrogen-bond donors (Lipinski definition) is 6. The van der Waals surface area contributed by atoms with Crippen LogP contribution in [-0.2, 0) is 16.0 Å². The first kappa shape index (κ1) is 29.7. The van der Waals surface area contributed by atoms with Gasteiger partial charge in [-0.2, -0.15) is 15.0 Å². The van der Waals surface area contributed by atoms with E-state index in [1.165, 1.54) is 0 Å². The molecule has 1 aromatic heterocycles. The van der Waals surface area contributed by atoms with Gasteiger partial charge in [-0.3, -0.25) is 4.79 Å². The van der Waals surface area contributed by atoms with E-state index in [4.69, 9.17) is 29.8 Å². The number of rotatable bonds is 18. The molecule has 0 fully saturated rings. The van der Waals surface area contributed by atoms with Gasteiger partial charge in [0.05, 0.1) is 26.4 Å². The molecule has 14 heteroatoms. The van der Waals surface area contributed by atoms with Gasteiger partial charge in [0.2, 0.25) is 24.6 Å². The molecular formula is C27H36N8O6. The summed E-state index contributed by atoms with van der Waals surface area (Å²) in [6.07, 6.45) is 0.537. The molecule has 41 heavy (non-hydrogen) atoms. The van der Waals surface area contributed by atoms with Gasteiger partial charge in [0.15, 0.2) is 11.5 Å². The summed E-state index contributed by atoms with van der Waals surface area (Å²) in [5.41, 5.74) is 7.35. The minimum absolute atomic E-state index is 0.0413. The lowest BCUT2D eigenvalue weighted by atomic mass is 10.2. The monoisotopic (exact) mass is 568 g/mol. The zero-order chi connectivity index (χ0) is 28.7. The van der Waals surface area contributed by atoms with Crippen molar-refractivity contribution < 1.29 is 28.8 Å². The molecule has 1 amide bonds. The number of nitrogens with zero attached hydrogens (tertiary/aromatic N) is 3. The lowest BCUT2D eigenvalue weighted by Crippen LogP contribution is -2.27. The highest BCUT2D eigenvalue weighted by Crippen LogP contribution is 2.35. The molecule has 0 saturated carbocycles. The van der Waals surface area contributed by atoms with Crippen LogP contribution in [0, 0.1) is 0 Å². The first-order chi connectivity index (χ1) is 20.2. The number of nitrogens with one attached hydrogen (secondary N) is 4. The Labute approximate surface area is 238 Å². The fourth-order valence-corrected chi connectivity index (χ4v) is 3.78. The van der Waals surface area contributed by atoms with Crippen LogP contribution in [0.5, 0.6) is 11.5 Å². The zero-order valence-electron chi connectivity index (χ0n) is 22.7. The Hall–Kier alpha value is -4.24. The third-order valence-electron chi connectivity index (χ3n) is 5.72. The van der Waals surface area contributed by atoms with Crippen LogP contribution in [0.25, 0.3) is 0 Å². The van der Waals surface area contributed by atoms with Crippen molar-refractivity contribution in [3.8, 4) is 11.5 Å². The Morgan fingerprint density at radius 2 is 1.71 bits per heavy atom. The summed E-state index contributed by atoms with van der Waals surface area (Å²) < 4.78 is 21.7. The maximum Gasteiger partial charge on any atom is 0.251 e. The van der Waals surface area contributed by atoms with E-state index in [2.05, 4.69) is 36.2 Å². The van der Waals surface area contributed by atoms with Crippen molar-refractivity contribution in [2.75, 3.05) is 75.4 Å². The third-order valence-corrected chi connectivity index (χ3v) is 5.72. The van der Waals surface area contributed by atoms with Gasteiger partial charge in [-0.1, -0.05) is 18.2 Å². The molecular weight excluding hydrogens is 532 g/mol. The molecule has 3 aromatic rings. The Bertz CT molecular complexity index is 1260. The van der Waals surface area contributed by atoms with Crippen molar-refractivity contribution in [1.82, 2.24) is 20.3 Å². The lowest BCUT2D eigenvalue weighted by molar-refractivity contribution is 0.0511. The number of ether oxygens (including phenoxy) is 4. The third kappa shape index (κ3) is 9.42. The van der Waals surface area contributed by atoms with E-state index < -0.39 is 0 Å². The highest BCUT2D eigenvalue weighted by Gasteiger charge is 2.17. The van der Waals surface area contributed by atoms with Crippen molar-refractivity contribution in [2.24, 2.45) is 5.73 Å². The van der Waals surface area contributed by atoms with E-state index in [0.29, 0.717) is 93.7 Å². The number of nitrogens with two attached hydrogens (primary N) is 1. The predicted molar refractivity (Wildman–Crippen MR) is 153 cm³/mol. The number of aliphatic hydroxyl groups is 1. The second kappa shape index (κ2) is 16.1. The predicted octanol–water partition coefficient (Wildman–Crippen LogP) is 1.47. The highest BCUT2D eigenvalue weighted by molar-refractivity contribution is 5.95. The first-order valence-corrected chi connectivity index (χ1v) is 13.4. The molecule has 0 spiro atoms. The second-order valence-corrected chi connectivity index (χ2v) is 8.79. The van der Waals surface area contributed by atoms with Gasteiger partial charge in [0.1, 0.15) is 0 Å². The number of amides is 1. The standard InChI is InChI=1S/C27H36N8O6/c28-8-12-38-14-15-39-13-10-29-24(37)19-4-1-6-21(16-19)32-27-34-25(30-9-3-11-36)33-26(35-27)31-17-20-5-2-7-22-23(20)41-18-40-22/h1-2,4-7,16,36H,3,8-15,17-18,28H2,(H,29,37)(H3,30,31,32,33,34,35). The summed E-state index contributed by atoms with van der Waals surface area (Å²) in [5.74, 6) is 2.08. The molecule has 0 saturated heterocycles. The molecule has 0 unspecified atom stereocenters.